The lowest BCUT2D eigenvalue weighted by molar-refractivity contribution is -0.133. The molecule has 0 bridgehead atoms. The van der Waals surface area contributed by atoms with Gasteiger partial charge < -0.3 is 15.4 Å². The van der Waals surface area contributed by atoms with Crippen molar-refractivity contribution < 1.29 is 18.7 Å². The number of amides is 2. The fourth-order valence-corrected chi connectivity index (χ4v) is 2.61. The van der Waals surface area contributed by atoms with Crippen molar-refractivity contribution in [1.82, 2.24) is 4.90 Å². The van der Waals surface area contributed by atoms with Crippen molar-refractivity contribution in [3.63, 3.8) is 0 Å². The van der Waals surface area contributed by atoms with E-state index >= 15 is 0 Å². The molecule has 0 unspecified atom stereocenters. The van der Waals surface area contributed by atoms with E-state index < -0.39 is 5.91 Å². The molecule has 2 N–H and O–H groups in total. The Bertz CT molecular complexity index is 765. The molecule has 0 spiro atoms. The van der Waals surface area contributed by atoms with Crippen molar-refractivity contribution >= 4 is 27.7 Å². The standard InChI is InChI=1S/C18H18BrFN2O3/c1-2-22(10-13-9-14(19)5-8-16(13)20)17(23)11-25-15-6-3-12(4-7-15)18(21)24/h3-9H,2,10-11H2,1H3,(H2,21,24). The van der Waals surface area contributed by atoms with Gasteiger partial charge in [-0.05, 0) is 49.4 Å². The largest absolute Gasteiger partial charge is 0.484 e. The zero-order valence-corrected chi connectivity index (χ0v) is 15.3. The molecule has 132 valence electrons. The number of carbonyl (C=O) groups is 2. The SMILES string of the molecule is CCN(Cc1cc(Br)ccc1F)C(=O)COc1ccc(C(N)=O)cc1. The van der Waals surface area contributed by atoms with Gasteiger partial charge >= 0.3 is 0 Å². The molecule has 7 heteroatoms. The molecule has 0 saturated carbocycles. The molecule has 0 aliphatic carbocycles. The highest BCUT2D eigenvalue weighted by molar-refractivity contribution is 9.10. The Morgan fingerprint density at radius 1 is 1.20 bits per heavy atom. The normalized spacial score (nSPS) is 10.4. The van der Waals surface area contributed by atoms with E-state index in [4.69, 9.17) is 10.5 Å². The summed E-state index contributed by atoms with van der Waals surface area (Å²) >= 11 is 3.29. The van der Waals surface area contributed by atoms with Crippen LogP contribution in [0.3, 0.4) is 0 Å². The third kappa shape index (κ3) is 5.29. The molecule has 2 amide bonds. The smallest absolute Gasteiger partial charge is 0.260 e. The number of halogens is 2. The first kappa shape index (κ1) is 18.9. The molecule has 0 atom stereocenters. The van der Waals surface area contributed by atoms with Gasteiger partial charge in [-0.25, -0.2) is 4.39 Å². The summed E-state index contributed by atoms with van der Waals surface area (Å²) in [5.74, 6) is -0.711. The van der Waals surface area contributed by atoms with Crippen LogP contribution in [0, 0.1) is 5.82 Å². The second kappa shape index (κ2) is 8.62. The fourth-order valence-electron chi connectivity index (χ4n) is 2.20. The molecule has 2 aromatic carbocycles. The van der Waals surface area contributed by atoms with Crippen molar-refractivity contribution in [2.75, 3.05) is 13.2 Å². The lowest BCUT2D eigenvalue weighted by atomic mass is 10.2. The number of likely N-dealkylation sites (N-methyl/N-ethyl adjacent to an activating group) is 1. The molecule has 0 aliphatic rings. The summed E-state index contributed by atoms with van der Waals surface area (Å²) in [5.41, 5.74) is 5.95. The third-order valence-corrected chi connectivity index (χ3v) is 4.10. The predicted octanol–water partition coefficient (Wildman–Crippen LogP) is 3.11. The summed E-state index contributed by atoms with van der Waals surface area (Å²) < 4.78 is 20.0. The molecular formula is C18H18BrFN2O3. The average Bonchev–Trinajstić information content (AvgIpc) is 2.60. The van der Waals surface area contributed by atoms with Crippen LogP contribution in [-0.2, 0) is 11.3 Å². The van der Waals surface area contributed by atoms with E-state index in [1.54, 1.807) is 24.3 Å². The van der Waals surface area contributed by atoms with Gasteiger partial charge in [-0.2, -0.15) is 0 Å². The Morgan fingerprint density at radius 3 is 2.48 bits per heavy atom. The van der Waals surface area contributed by atoms with Gasteiger partial charge in [0.1, 0.15) is 11.6 Å². The first-order chi connectivity index (χ1) is 11.9. The number of carbonyl (C=O) groups excluding carboxylic acids is 2. The van der Waals surface area contributed by atoms with Crippen LogP contribution >= 0.6 is 15.9 Å². The number of hydrogen-bond donors (Lipinski definition) is 1. The van der Waals surface area contributed by atoms with E-state index in [9.17, 15) is 14.0 Å². The van der Waals surface area contributed by atoms with Crippen molar-refractivity contribution in [3.8, 4) is 5.75 Å². The number of nitrogens with zero attached hydrogens (tertiary/aromatic N) is 1. The maximum Gasteiger partial charge on any atom is 0.260 e. The lowest BCUT2D eigenvalue weighted by Gasteiger charge is -2.21. The Morgan fingerprint density at radius 2 is 1.88 bits per heavy atom. The minimum Gasteiger partial charge on any atom is -0.484 e. The molecule has 0 heterocycles. The predicted molar refractivity (Wildman–Crippen MR) is 95.6 cm³/mol. The van der Waals surface area contributed by atoms with Crippen molar-refractivity contribution in [1.29, 1.82) is 0 Å². The molecule has 0 radical (unpaired) electrons. The summed E-state index contributed by atoms with van der Waals surface area (Å²) in [6.07, 6.45) is 0. The molecule has 0 fully saturated rings. The maximum absolute atomic E-state index is 13.9. The van der Waals surface area contributed by atoms with E-state index in [0.29, 0.717) is 23.4 Å². The lowest BCUT2D eigenvalue weighted by Crippen LogP contribution is -2.34. The zero-order chi connectivity index (χ0) is 18.4. The van der Waals surface area contributed by atoms with Crippen LogP contribution in [0.25, 0.3) is 0 Å². The maximum atomic E-state index is 13.9. The summed E-state index contributed by atoms with van der Waals surface area (Å²) in [4.78, 5) is 24.8. The van der Waals surface area contributed by atoms with E-state index in [-0.39, 0.29) is 24.9 Å². The monoisotopic (exact) mass is 408 g/mol. The van der Waals surface area contributed by atoms with Crippen molar-refractivity contribution in [2.24, 2.45) is 5.73 Å². The molecule has 0 aromatic heterocycles. The van der Waals surface area contributed by atoms with Crippen LogP contribution in [0.5, 0.6) is 5.75 Å². The number of ether oxygens (including phenoxy) is 1. The number of nitrogens with two attached hydrogens (primary N) is 1. The fraction of sp³-hybridized carbons (Fsp3) is 0.222. The van der Waals surface area contributed by atoms with Gasteiger partial charge in [0.15, 0.2) is 6.61 Å². The van der Waals surface area contributed by atoms with Crippen LogP contribution in [0.1, 0.15) is 22.8 Å². The summed E-state index contributed by atoms with van der Waals surface area (Å²) in [6, 6.07) is 10.8. The Balaban J connectivity index is 1.97. The van der Waals surface area contributed by atoms with Gasteiger partial charge in [0.05, 0.1) is 0 Å². The first-order valence-corrected chi connectivity index (χ1v) is 8.44. The van der Waals surface area contributed by atoms with Gasteiger partial charge in [-0.15, -0.1) is 0 Å². The highest BCUT2D eigenvalue weighted by atomic mass is 79.9. The van der Waals surface area contributed by atoms with Crippen LogP contribution in [0.2, 0.25) is 0 Å². The summed E-state index contributed by atoms with van der Waals surface area (Å²) in [6.45, 7) is 2.22. The second-order valence-electron chi connectivity index (χ2n) is 5.32. The molecule has 0 aliphatic heterocycles. The van der Waals surface area contributed by atoms with Crippen LogP contribution < -0.4 is 10.5 Å². The number of benzene rings is 2. The first-order valence-electron chi connectivity index (χ1n) is 7.65. The third-order valence-electron chi connectivity index (χ3n) is 3.60. The van der Waals surface area contributed by atoms with Crippen molar-refractivity contribution in [2.45, 2.75) is 13.5 Å². The van der Waals surface area contributed by atoms with E-state index in [0.717, 1.165) is 4.47 Å². The molecule has 2 rings (SSSR count). The van der Waals surface area contributed by atoms with E-state index in [1.807, 2.05) is 6.92 Å². The quantitative estimate of drug-likeness (QED) is 0.764. The van der Waals surface area contributed by atoms with Gasteiger partial charge in [-0.1, -0.05) is 15.9 Å². The summed E-state index contributed by atoms with van der Waals surface area (Å²) in [5, 5.41) is 0. The second-order valence-corrected chi connectivity index (χ2v) is 6.24. The minimum atomic E-state index is -0.532. The van der Waals surface area contributed by atoms with Crippen molar-refractivity contribution in [3.05, 3.63) is 63.9 Å². The number of primary amides is 1. The average molecular weight is 409 g/mol. The zero-order valence-electron chi connectivity index (χ0n) is 13.7. The molecule has 0 saturated heterocycles. The topological polar surface area (TPSA) is 72.6 Å². The minimum absolute atomic E-state index is 0.157. The Hall–Kier alpha value is -2.41. The highest BCUT2D eigenvalue weighted by Gasteiger charge is 2.15. The molecule has 25 heavy (non-hydrogen) atoms. The Labute approximate surface area is 153 Å². The van der Waals surface area contributed by atoms with Crippen LogP contribution in [-0.4, -0.2) is 29.9 Å². The molecule has 2 aromatic rings. The van der Waals surface area contributed by atoms with Gasteiger partial charge in [0.25, 0.3) is 5.91 Å². The Kier molecular flexibility index (Phi) is 6.52. The number of rotatable bonds is 7. The van der Waals surface area contributed by atoms with Crippen LogP contribution in [0.15, 0.2) is 46.9 Å². The van der Waals surface area contributed by atoms with Gasteiger partial charge in [0, 0.05) is 28.7 Å². The highest BCUT2D eigenvalue weighted by Crippen LogP contribution is 2.18. The summed E-state index contributed by atoms with van der Waals surface area (Å²) in [7, 11) is 0. The van der Waals surface area contributed by atoms with Gasteiger partial charge in [-0.3, -0.25) is 9.59 Å². The van der Waals surface area contributed by atoms with Crippen LogP contribution in [0.4, 0.5) is 4.39 Å². The van der Waals surface area contributed by atoms with Gasteiger partial charge in [0.2, 0.25) is 5.91 Å². The van der Waals surface area contributed by atoms with E-state index in [1.165, 1.54) is 23.1 Å². The molecular weight excluding hydrogens is 391 g/mol. The van der Waals surface area contributed by atoms with E-state index in [2.05, 4.69) is 15.9 Å². The number of hydrogen-bond acceptors (Lipinski definition) is 3. The molecule has 5 nitrogen and oxygen atoms in total.